The molecule has 1 amide bonds. The molecule has 35 heavy (non-hydrogen) atoms. The molecule has 4 rings (SSSR count). The van der Waals surface area contributed by atoms with Gasteiger partial charge in [0.05, 0.1) is 16.8 Å². The van der Waals surface area contributed by atoms with E-state index in [1.807, 2.05) is 0 Å². The minimum Gasteiger partial charge on any atom is -0.452 e. The zero-order chi connectivity index (χ0) is 25.0. The number of rotatable bonds is 7. The monoisotopic (exact) mass is 497 g/mol. The number of piperidine rings is 1. The van der Waals surface area contributed by atoms with E-state index in [2.05, 4.69) is 15.4 Å². The van der Waals surface area contributed by atoms with Crippen molar-refractivity contribution in [3.05, 3.63) is 65.6 Å². The van der Waals surface area contributed by atoms with E-state index < -0.39 is 28.5 Å². The predicted octanol–water partition coefficient (Wildman–Crippen LogP) is 2.85. The van der Waals surface area contributed by atoms with Crippen LogP contribution in [-0.4, -0.2) is 59.1 Å². The number of hydrogen-bond donors (Lipinski definition) is 1. The number of nitrogens with zero attached hydrogens (tertiary/aromatic N) is 4. The maximum Gasteiger partial charge on any atom is 0.342 e. The van der Waals surface area contributed by atoms with Crippen LogP contribution in [0.25, 0.3) is 5.82 Å². The van der Waals surface area contributed by atoms with Gasteiger partial charge in [0.2, 0.25) is 10.0 Å². The molecule has 3 aromatic rings. The summed E-state index contributed by atoms with van der Waals surface area (Å²) in [6.07, 6.45) is 5.67. The molecule has 0 unspecified atom stereocenters. The van der Waals surface area contributed by atoms with Crippen LogP contribution in [0.2, 0.25) is 0 Å². The molecule has 1 N–H and O–H groups in total. The fourth-order valence-corrected chi connectivity index (χ4v) is 5.41. The van der Waals surface area contributed by atoms with Crippen LogP contribution in [0.1, 0.15) is 40.9 Å². The van der Waals surface area contributed by atoms with Crippen LogP contribution in [0.15, 0.2) is 53.7 Å². The highest BCUT2D eigenvalue weighted by molar-refractivity contribution is 7.89. The van der Waals surface area contributed by atoms with Crippen LogP contribution < -0.4 is 5.32 Å². The molecule has 0 saturated carbocycles. The zero-order valence-electron chi connectivity index (χ0n) is 19.6. The standard InChI is InChI=1S/C24H27N5O5S/c1-17-9-10-19(35(32,33)28-12-6-3-7-13-28)14-21(17)27-23(30)16-34-24(31)20-15-26-29(18(20)2)22-8-4-5-11-25-22/h4-5,8-11,14-15H,3,6-7,12-13,16H2,1-2H3,(H,27,30). The van der Waals surface area contributed by atoms with Gasteiger partial charge < -0.3 is 10.1 Å². The first-order valence-electron chi connectivity index (χ1n) is 11.3. The molecular formula is C24H27N5O5S. The van der Waals surface area contributed by atoms with Crippen LogP contribution in [0.5, 0.6) is 0 Å². The van der Waals surface area contributed by atoms with Gasteiger partial charge in [0.25, 0.3) is 5.91 Å². The number of aryl methyl sites for hydroxylation is 1. The summed E-state index contributed by atoms with van der Waals surface area (Å²) in [6.45, 7) is 3.91. The normalized spacial score (nSPS) is 14.5. The van der Waals surface area contributed by atoms with E-state index in [1.54, 1.807) is 44.3 Å². The molecule has 1 fully saturated rings. The average molecular weight is 498 g/mol. The molecular weight excluding hydrogens is 470 g/mol. The topological polar surface area (TPSA) is 123 Å². The van der Waals surface area contributed by atoms with Gasteiger partial charge in [-0.3, -0.25) is 4.79 Å². The number of pyridine rings is 1. The average Bonchev–Trinajstić information content (AvgIpc) is 3.26. The Hall–Kier alpha value is -3.57. The van der Waals surface area contributed by atoms with E-state index in [-0.39, 0.29) is 10.5 Å². The number of carbonyl (C=O) groups excluding carboxylic acids is 2. The quantitative estimate of drug-likeness (QED) is 0.498. The first-order chi connectivity index (χ1) is 16.8. The number of ether oxygens (including phenoxy) is 1. The van der Waals surface area contributed by atoms with Crippen molar-refractivity contribution in [2.75, 3.05) is 25.0 Å². The van der Waals surface area contributed by atoms with Crippen LogP contribution in [0.4, 0.5) is 5.69 Å². The van der Waals surface area contributed by atoms with Crippen molar-refractivity contribution in [3.8, 4) is 5.82 Å². The Labute approximate surface area is 204 Å². The summed E-state index contributed by atoms with van der Waals surface area (Å²) in [6, 6.07) is 9.96. The highest BCUT2D eigenvalue weighted by Gasteiger charge is 2.26. The van der Waals surface area contributed by atoms with Gasteiger partial charge in [-0.25, -0.2) is 22.9 Å². The molecule has 0 atom stereocenters. The predicted molar refractivity (Wildman–Crippen MR) is 129 cm³/mol. The largest absolute Gasteiger partial charge is 0.452 e. The zero-order valence-corrected chi connectivity index (χ0v) is 20.4. The summed E-state index contributed by atoms with van der Waals surface area (Å²) in [5, 5.41) is 6.82. The van der Waals surface area contributed by atoms with Gasteiger partial charge in [-0.2, -0.15) is 9.40 Å². The van der Waals surface area contributed by atoms with Crippen molar-refractivity contribution in [2.45, 2.75) is 38.0 Å². The summed E-state index contributed by atoms with van der Waals surface area (Å²) in [5.41, 5.74) is 1.79. The number of anilines is 1. The molecule has 2 aromatic heterocycles. The maximum atomic E-state index is 13.0. The molecule has 11 heteroatoms. The molecule has 1 aromatic carbocycles. The van der Waals surface area contributed by atoms with Crippen LogP contribution in [0, 0.1) is 13.8 Å². The molecule has 0 radical (unpaired) electrons. The molecule has 0 aliphatic carbocycles. The van der Waals surface area contributed by atoms with E-state index in [9.17, 15) is 18.0 Å². The lowest BCUT2D eigenvalue weighted by molar-refractivity contribution is -0.119. The van der Waals surface area contributed by atoms with Crippen LogP contribution in [-0.2, 0) is 19.6 Å². The van der Waals surface area contributed by atoms with Gasteiger partial charge in [-0.1, -0.05) is 18.6 Å². The Morgan fingerprint density at radius 2 is 1.86 bits per heavy atom. The maximum absolute atomic E-state index is 13.0. The van der Waals surface area contributed by atoms with Crippen LogP contribution >= 0.6 is 0 Å². The number of esters is 1. The SMILES string of the molecule is Cc1ccc(S(=O)(=O)N2CCCCC2)cc1NC(=O)COC(=O)c1cnn(-c2ccccn2)c1C. The molecule has 1 aliphatic rings. The Morgan fingerprint density at radius 1 is 1.09 bits per heavy atom. The summed E-state index contributed by atoms with van der Waals surface area (Å²) >= 11 is 0. The molecule has 3 heterocycles. The molecule has 0 bridgehead atoms. The van der Waals surface area contributed by atoms with Gasteiger partial charge in [0.1, 0.15) is 5.56 Å². The molecule has 1 saturated heterocycles. The highest BCUT2D eigenvalue weighted by Crippen LogP contribution is 2.25. The minimum absolute atomic E-state index is 0.120. The lowest BCUT2D eigenvalue weighted by atomic mass is 10.2. The minimum atomic E-state index is -3.64. The Bertz CT molecular complexity index is 1330. The summed E-state index contributed by atoms with van der Waals surface area (Å²) in [7, 11) is -3.64. The third-order valence-corrected chi connectivity index (χ3v) is 7.76. The lowest BCUT2D eigenvalue weighted by Crippen LogP contribution is -2.35. The number of nitrogens with one attached hydrogen (secondary N) is 1. The van der Waals surface area contributed by atoms with E-state index in [0.717, 1.165) is 19.3 Å². The fraction of sp³-hybridized carbons (Fsp3) is 0.333. The summed E-state index contributed by atoms with van der Waals surface area (Å²) in [5.74, 6) is -0.724. The van der Waals surface area contributed by atoms with Crippen molar-refractivity contribution < 1.29 is 22.7 Å². The summed E-state index contributed by atoms with van der Waals surface area (Å²) in [4.78, 5) is 29.4. The number of benzene rings is 1. The van der Waals surface area contributed by atoms with E-state index >= 15 is 0 Å². The Balaban J connectivity index is 1.41. The second-order valence-electron chi connectivity index (χ2n) is 8.31. The third-order valence-electron chi connectivity index (χ3n) is 5.87. The second-order valence-corrected chi connectivity index (χ2v) is 10.2. The van der Waals surface area contributed by atoms with Gasteiger partial charge in [-0.05, 0) is 56.5 Å². The number of amides is 1. The fourth-order valence-electron chi connectivity index (χ4n) is 3.87. The molecule has 0 spiro atoms. The van der Waals surface area contributed by atoms with E-state index in [4.69, 9.17) is 4.74 Å². The van der Waals surface area contributed by atoms with Crippen molar-refractivity contribution in [1.29, 1.82) is 0 Å². The van der Waals surface area contributed by atoms with Crippen LogP contribution in [0.3, 0.4) is 0 Å². The van der Waals surface area contributed by atoms with Gasteiger partial charge in [-0.15, -0.1) is 0 Å². The molecule has 10 nitrogen and oxygen atoms in total. The molecule has 184 valence electrons. The van der Waals surface area contributed by atoms with Crippen molar-refractivity contribution in [2.24, 2.45) is 0 Å². The van der Waals surface area contributed by atoms with Crippen molar-refractivity contribution >= 4 is 27.6 Å². The van der Waals surface area contributed by atoms with E-state index in [0.29, 0.717) is 35.9 Å². The van der Waals surface area contributed by atoms with E-state index in [1.165, 1.54) is 27.3 Å². The highest BCUT2D eigenvalue weighted by atomic mass is 32.2. The number of carbonyl (C=O) groups is 2. The number of sulfonamides is 1. The van der Waals surface area contributed by atoms with Gasteiger partial charge in [0.15, 0.2) is 12.4 Å². The number of hydrogen-bond acceptors (Lipinski definition) is 7. The first-order valence-corrected chi connectivity index (χ1v) is 12.7. The van der Waals surface area contributed by atoms with Crippen molar-refractivity contribution in [1.82, 2.24) is 19.1 Å². The Kier molecular flexibility index (Phi) is 7.27. The first kappa shape index (κ1) is 24.6. The van der Waals surface area contributed by atoms with Gasteiger partial charge >= 0.3 is 5.97 Å². The Morgan fingerprint density at radius 3 is 2.57 bits per heavy atom. The number of aromatic nitrogens is 3. The lowest BCUT2D eigenvalue weighted by Gasteiger charge is -2.26. The second kappa shape index (κ2) is 10.4. The van der Waals surface area contributed by atoms with Crippen molar-refractivity contribution in [3.63, 3.8) is 0 Å². The summed E-state index contributed by atoms with van der Waals surface area (Å²) < 4.78 is 34.1. The molecule has 1 aliphatic heterocycles. The third kappa shape index (κ3) is 5.41. The van der Waals surface area contributed by atoms with Gasteiger partial charge in [0, 0.05) is 25.0 Å². The smallest absolute Gasteiger partial charge is 0.342 e.